The monoisotopic (exact) mass is 305 g/mol. The topological polar surface area (TPSA) is 42.1 Å². The zero-order valence-corrected chi connectivity index (χ0v) is 13.6. The molecule has 0 fully saturated rings. The van der Waals surface area contributed by atoms with Crippen molar-refractivity contribution in [2.24, 2.45) is 5.73 Å². The molecule has 2 aromatic rings. The van der Waals surface area contributed by atoms with Crippen LogP contribution in [0.15, 0.2) is 30.5 Å². The molecule has 0 saturated heterocycles. The molecule has 0 aliphatic rings. The summed E-state index contributed by atoms with van der Waals surface area (Å²) in [7, 11) is 0. The van der Waals surface area contributed by atoms with E-state index >= 15 is 0 Å². The smallest absolute Gasteiger partial charge is 0.0765 e. The lowest BCUT2D eigenvalue weighted by Gasteiger charge is -2.30. The molecule has 1 atom stereocenters. The first kappa shape index (κ1) is 16.2. The second kappa shape index (κ2) is 7.74. The van der Waals surface area contributed by atoms with Crippen molar-refractivity contribution < 1.29 is 0 Å². The molecular weight excluding hydrogens is 282 g/mol. The van der Waals surface area contributed by atoms with Crippen molar-refractivity contribution in [3.63, 3.8) is 0 Å². The molecule has 4 heteroatoms. The van der Waals surface area contributed by atoms with Crippen molar-refractivity contribution in [2.45, 2.75) is 32.7 Å². The lowest BCUT2D eigenvalue weighted by molar-refractivity contribution is 0.210. The predicted molar refractivity (Wildman–Crippen MR) is 90.7 cm³/mol. The molecule has 114 valence electrons. The summed E-state index contributed by atoms with van der Waals surface area (Å²) in [6.07, 6.45) is 4.19. The minimum absolute atomic E-state index is 0.191. The van der Waals surface area contributed by atoms with E-state index in [0.29, 0.717) is 6.54 Å². The lowest BCUT2D eigenvalue weighted by atomic mass is 10.0. The molecular formula is C17H24ClN3. The zero-order chi connectivity index (χ0) is 15.2. The molecule has 1 heterocycles. The van der Waals surface area contributed by atoms with Gasteiger partial charge in [0.25, 0.3) is 0 Å². The van der Waals surface area contributed by atoms with E-state index < -0.39 is 0 Å². The van der Waals surface area contributed by atoms with E-state index in [2.05, 4.69) is 29.8 Å². The highest BCUT2D eigenvalue weighted by Crippen LogP contribution is 2.30. The van der Waals surface area contributed by atoms with E-state index in [1.807, 2.05) is 24.4 Å². The maximum atomic E-state index is 6.29. The van der Waals surface area contributed by atoms with E-state index in [1.165, 1.54) is 18.4 Å². The van der Waals surface area contributed by atoms with Crippen LogP contribution in [0.25, 0.3) is 10.9 Å². The summed E-state index contributed by atoms with van der Waals surface area (Å²) in [6, 6.07) is 8.16. The van der Waals surface area contributed by atoms with Gasteiger partial charge < -0.3 is 5.73 Å². The van der Waals surface area contributed by atoms with Gasteiger partial charge in [0.05, 0.1) is 5.52 Å². The van der Waals surface area contributed by atoms with Crippen molar-refractivity contribution in [2.75, 3.05) is 19.6 Å². The van der Waals surface area contributed by atoms with Crippen molar-refractivity contribution in [3.05, 3.63) is 41.0 Å². The van der Waals surface area contributed by atoms with Crippen LogP contribution in [-0.4, -0.2) is 29.5 Å². The summed E-state index contributed by atoms with van der Waals surface area (Å²) in [5.41, 5.74) is 8.22. The standard InChI is InChI=1S/C17H24ClN3/c1-3-5-11-21(4-2)16(12-19)14-8-9-15(18)13-7-6-10-20-17(13)14/h6-10,16H,3-5,11-12,19H2,1-2H3. The fraction of sp³-hybridized carbons (Fsp3) is 0.471. The number of nitrogens with zero attached hydrogens (tertiary/aromatic N) is 2. The first-order valence-electron chi connectivity index (χ1n) is 7.70. The Morgan fingerprint density at radius 1 is 1.29 bits per heavy atom. The minimum atomic E-state index is 0.191. The summed E-state index contributed by atoms with van der Waals surface area (Å²) in [4.78, 5) is 6.97. The Morgan fingerprint density at radius 3 is 2.76 bits per heavy atom. The Morgan fingerprint density at radius 2 is 2.10 bits per heavy atom. The third-order valence-corrected chi connectivity index (χ3v) is 4.31. The van der Waals surface area contributed by atoms with Crippen molar-refractivity contribution >= 4 is 22.5 Å². The highest BCUT2D eigenvalue weighted by Gasteiger charge is 2.20. The van der Waals surface area contributed by atoms with Gasteiger partial charge in [0.15, 0.2) is 0 Å². The normalized spacial score (nSPS) is 13.0. The summed E-state index contributed by atoms with van der Waals surface area (Å²) in [5, 5.41) is 1.75. The van der Waals surface area contributed by atoms with Crippen molar-refractivity contribution in [1.82, 2.24) is 9.88 Å². The quantitative estimate of drug-likeness (QED) is 0.840. The van der Waals surface area contributed by atoms with Crippen LogP contribution in [0.4, 0.5) is 0 Å². The fourth-order valence-electron chi connectivity index (χ4n) is 2.80. The summed E-state index contributed by atoms with van der Waals surface area (Å²) in [5.74, 6) is 0. The van der Waals surface area contributed by atoms with Crippen LogP contribution in [0.2, 0.25) is 5.02 Å². The average molecular weight is 306 g/mol. The van der Waals surface area contributed by atoms with Crippen LogP contribution in [0, 0.1) is 0 Å². The molecule has 1 aromatic carbocycles. The molecule has 0 spiro atoms. The molecule has 0 radical (unpaired) electrons. The number of unbranched alkanes of at least 4 members (excludes halogenated alkanes) is 1. The van der Waals surface area contributed by atoms with Crippen LogP contribution in [-0.2, 0) is 0 Å². The van der Waals surface area contributed by atoms with E-state index in [4.69, 9.17) is 17.3 Å². The number of hydrogen-bond donors (Lipinski definition) is 1. The second-order valence-electron chi connectivity index (χ2n) is 5.27. The number of likely N-dealkylation sites (N-methyl/N-ethyl adjacent to an activating group) is 1. The number of hydrogen-bond acceptors (Lipinski definition) is 3. The molecule has 21 heavy (non-hydrogen) atoms. The molecule has 0 amide bonds. The maximum absolute atomic E-state index is 6.29. The largest absolute Gasteiger partial charge is 0.329 e. The average Bonchev–Trinajstić information content (AvgIpc) is 2.53. The summed E-state index contributed by atoms with van der Waals surface area (Å²) < 4.78 is 0. The Kier molecular flexibility index (Phi) is 5.97. The Bertz CT molecular complexity index is 585. The number of fused-ring (bicyclic) bond motifs is 1. The van der Waals surface area contributed by atoms with Crippen molar-refractivity contribution in [1.29, 1.82) is 0 Å². The van der Waals surface area contributed by atoms with Gasteiger partial charge in [-0.25, -0.2) is 0 Å². The molecule has 2 rings (SSSR count). The molecule has 0 aliphatic heterocycles. The van der Waals surface area contributed by atoms with Gasteiger partial charge in [-0.3, -0.25) is 9.88 Å². The Balaban J connectivity index is 2.44. The number of benzene rings is 1. The molecule has 2 N–H and O–H groups in total. The number of aromatic nitrogens is 1. The van der Waals surface area contributed by atoms with Crippen molar-refractivity contribution in [3.8, 4) is 0 Å². The lowest BCUT2D eigenvalue weighted by Crippen LogP contribution is -2.34. The summed E-state index contributed by atoms with van der Waals surface area (Å²) in [6.45, 7) is 7.03. The van der Waals surface area contributed by atoms with E-state index in [0.717, 1.165) is 29.0 Å². The van der Waals surface area contributed by atoms with Gasteiger partial charge >= 0.3 is 0 Å². The van der Waals surface area contributed by atoms with E-state index in [-0.39, 0.29) is 6.04 Å². The molecule has 0 saturated carbocycles. The first-order valence-corrected chi connectivity index (χ1v) is 8.07. The third kappa shape index (κ3) is 3.54. The van der Waals surface area contributed by atoms with E-state index in [9.17, 15) is 0 Å². The predicted octanol–water partition coefficient (Wildman–Crippen LogP) is 4.01. The van der Waals surface area contributed by atoms with Gasteiger partial charge in [-0.1, -0.05) is 37.9 Å². The minimum Gasteiger partial charge on any atom is -0.329 e. The molecule has 0 aliphatic carbocycles. The molecule has 1 unspecified atom stereocenters. The maximum Gasteiger partial charge on any atom is 0.0765 e. The first-order chi connectivity index (χ1) is 10.2. The number of halogens is 1. The summed E-state index contributed by atoms with van der Waals surface area (Å²) >= 11 is 6.29. The highest BCUT2D eigenvalue weighted by atomic mass is 35.5. The fourth-order valence-corrected chi connectivity index (χ4v) is 3.01. The van der Waals surface area contributed by atoms with Crippen LogP contribution in [0.3, 0.4) is 0 Å². The van der Waals surface area contributed by atoms with Crippen LogP contribution in [0.5, 0.6) is 0 Å². The second-order valence-corrected chi connectivity index (χ2v) is 5.68. The van der Waals surface area contributed by atoms with Gasteiger partial charge in [0.2, 0.25) is 0 Å². The number of rotatable bonds is 7. The van der Waals surface area contributed by atoms with Crippen LogP contribution < -0.4 is 5.73 Å². The highest BCUT2D eigenvalue weighted by molar-refractivity contribution is 6.35. The van der Waals surface area contributed by atoms with Gasteiger partial charge in [-0.05, 0) is 43.3 Å². The SMILES string of the molecule is CCCCN(CC)C(CN)c1ccc(Cl)c2cccnc12. The van der Waals surface area contributed by atoms with Gasteiger partial charge in [-0.15, -0.1) is 0 Å². The van der Waals surface area contributed by atoms with Gasteiger partial charge in [0, 0.05) is 29.2 Å². The third-order valence-electron chi connectivity index (χ3n) is 3.98. The van der Waals surface area contributed by atoms with Crippen LogP contribution >= 0.6 is 11.6 Å². The molecule has 1 aromatic heterocycles. The van der Waals surface area contributed by atoms with E-state index in [1.54, 1.807) is 0 Å². The molecule has 0 bridgehead atoms. The number of nitrogens with two attached hydrogens (primary N) is 1. The zero-order valence-electron chi connectivity index (χ0n) is 12.8. The van der Waals surface area contributed by atoms with Crippen LogP contribution in [0.1, 0.15) is 38.3 Å². The molecule has 3 nitrogen and oxygen atoms in total. The van der Waals surface area contributed by atoms with Gasteiger partial charge in [0.1, 0.15) is 0 Å². The van der Waals surface area contributed by atoms with Gasteiger partial charge in [-0.2, -0.15) is 0 Å². The number of pyridine rings is 1. The Hall–Kier alpha value is -1.16. The Labute approximate surface area is 132 Å².